The quantitative estimate of drug-likeness (QED) is 0.380. The molecule has 0 aliphatic carbocycles. The van der Waals surface area contributed by atoms with Crippen LogP contribution >= 0.6 is 35.4 Å². The predicted octanol–water partition coefficient (Wildman–Crippen LogP) is 2.44. The van der Waals surface area contributed by atoms with Gasteiger partial charge in [-0.25, -0.2) is 0 Å². The highest BCUT2D eigenvalue weighted by molar-refractivity contribution is 7.80. The Labute approximate surface area is 121 Å². The highest BCUT2D eigenvalue weighted by atomic mass is 35.5. The Morgan fingerprint density at radius 3 is 2.94 bits per heavy atom. The van der Waals surface area contributed by atoms with E-state index in [-0.39, 0.29) is 0 Å². The molecule has 0 aliphatic rings. The first-order valence-corrected chi connectivity index (χ1v) is 6.31. The minimum Gasteiger partial charge on any atom is -0.383 e. The van der Waals surface area contributed by atoms with Crippen molar-refractivity contribution in [2.45, 2.75) is 0 Å². The normalized spacial score (nSPS) is 10.6. The van der Waals surface area contributed by atoms with Gasteiger partial charge in [0.1, 0.15) is 0 Å². The first-order valence-electron chi connectivity index (χ1n) is 5.14. The number of thiocarbonyl (C=S) groups is 1. The Balaban J connectivity index is 2.42. The number of ether oxygens (including phenoxy) is 1. The van der Waals surface area contributed by atoms with Crippen LogP contribution in [0.3, 0.4) is 0 Å². The summed E-state index contributed by atoms with van der Waals surface area (Å²) in [4.78, 5) is 0. The zero-order valence-corrected chi connectivity index (χ0v) is 12.1. The number of benzene rings is 1. The van der Waals surface area contributed by atoms with Gasteiger partial charge in [0.15, 0.2) is 5.11 Å². The molecule has 1 aromatic rings. The Kier molecular flexibility index (Phi) is 6.97. The highest BCUT2D eigenvalue weighted by Gasteiger charge is 1.98. The molecule has 0 heterocycles. The smallest absolute Gasteiger partial charge is 0.187 e. The maximum absolute atomic E-state index is 5.98. The average molecular weight is 306 g/mol. The fourth-order valence-electron chi connectivity index (χ4n) is 1.07. The van der Waals surface area contributed by atoms with Gasteiger partial charge in [-0.15, -0.1) is 0 Å². The molecule has 0 saturated heterocycles. The van der Waals surface area contributed by atoms with Gasteiger partial charge < -0.3 is 10.1 Å². The number of halogens is 2. The summed E-state index contributed by atoms with van der Waals surface area (Å²) in [6.07, 6.45) is 1.57. The lowest BCUT2D eigenvalue weighted by Crippen LogP contribution is -2.34. The molecule has 2 N–H and O–H groups in total. The number of methoxy groups -OCH3 is 1. The van der Waals surface area contributed by atoms with Crippen LogP contribution in [-0.4, -0.2) is 31.6 Å². The molecule has 1 rings (SSSR count). The first kappa shape index (κ1) is 15.2. The van der Waals surface area contributed by atoms with Gasteiger partial charge in [0.05, 0.1) is 17.8 Å². The van der Waals surface area contributed by atoms with Gasteiger partial charge in [-0.05, 0) is 24.4 Å². The minimum atomic E-state index is 0.424. The lowest BCUT2D eigenvalue weighted by Gasteiger charge is -2.05. The maximum atomic E-state index is 5.98. The Morgan fingerprint density at radius 2 is 2.28 bits per heavy atom. The van der Waals surface area contributed by atoms with Crippen LogP contribution in [0.15, 0.2) is 23.3 Å². The molecule has 0 radical (unpaired) electrons. The molecule has 0 aliphatic heterocycles. The Morgan fingerprint density at radius 1 is 1.50 bits per heavy atom. The monoisotopic (exact) mass is 305 g/mol. The molecule has 98 valence electrons. The van der Waals surface area contributed by atoms with Crippen LogP contribution in [0, 0.1) is 0 Å². The molecule has 7 heteroatoms. The number of hydrazone groups is 1. The number of hydrogen-bond acceptors (Lipinski definition) is 3. The van der Waals surface area contributed by atoms with E-state index in [1.54, 1.807) is 31.5 Å². The second kappa shape index (κ2) is 8.26. The third-order valence-electron chi connectivity index (χ3n) is 1.92. The van der Waals surface area contributed by atoms with Crippen molar-refractivity contribution in [2.75, 3.05) is 20.3 Å². The minimum absolute atomic E-state index is 0.424. The van der Waals surface area contributed by atoms with E-state index in [1.807, 2.05) is 0 Å². The van der Waals surface area contributed by atoms with Crippen LogP contribution in [-0.2, 0) is 4.74 Å². The van der Waals surface area contributed by atoms with E-state index in [0.717, 1.165) is 5.56 Å². The van der Waals surface area contributed by atoms with E-state index < -0.39 is 0 Å². The summed E-state index contributed by atoms with van der Waals surface area (Å²) in [7, 11) is 1.62. The number of hydrogen-bond donors (Lipinski definition) is 2. The Hall–Kier alpha value is -0.880. The van der Waals surface area contributed by atoms with Gasteiger partial charge in [-0.1, -0.05) is 29.3 Å². The largest absolute Gasteiger partial charge is 0.383 e. The van der Waals surface area contributed by atoms with Crippen molar-refractivity contribution < 1.29 is 4.74 Å². The molecule has 18 heavy (non-hydrogen) atoms. The van der Waals surface area contributed by atoms with Gasteiger partial charge in [0, 0.05) is 24.2 Å². The summed E-state index contributed by atoms with van der Waals surface area (Å²) in [6, 6.07) is 5.17. The third-order valence-corrected chi connectivity index (χ3v) is 2.72. The lowest BCUT2D eigenvalue weighted by molar-refractivity contribution is 0.204. The lowest BCUT2D eigenvalue weighted by atomic mass is 10.2. The van der Waals surface area contributed by atoms with Crippen molar-refractivity contribution in [3.05, 3.63) is 33.8 Å². The summed E-state index contributed by atoms with van der Waals surface area (Å²) in [5.74, 6) is 0. The molecular formula is C11H13Cl2N3OS. The van der Waals surface area contributed by atoms with Crippen molar-refractivity contribution in [1.29, 1.82) is 0 Å². The van der Waals surface area contributed by atoms with Gasteiger partial charge in [-0.2, -0.15) is 5.10 Å². The number of rotatable bonds is 5. The second-order valence-electron chi connectivity index (χ2n) is 3.28. The topological polar surface area (TPSA) is 45.6 Å². The molecule has 0 unspecified atom stereocenters. The Bertz CT molecular complexity index is 440. The summed E-state index contributed by atoms with van der Waals surface area (Å²) < 4.78 is 4.87. The molecule has 0 aromatic heterocycles. The number of nitrogens with one attached hydrogen (secondary N) is 2. The fourth-order valence-corrected chi connectivity index (χ4v) is 1.68. The van der Waals surface area contributed by atoms with Crippen LogP contribution in [0.5, 0.6) is 0 Å². The van der Waals surface area contributed by atoms with Crippen LogP contribution in [0.4, 0.5) is 0 Å². The van der Waals surface area contributed by atoms with Crippen molar-refractivity contribution in [1.82, 2.24) is 10.7 Å². The van der Waals surface area contributed by atoms with E-state index >= 15 is 0 Å². The maximum Gasteiger partial charge on any atom is 0.187 e. The van der Waals surface area contributed by atoms with Crippen molar-refractivity contribution in [3.8, 4) is 0 Å². The van der Waals surface area contributed by atoms with E-state index in [9.17, 15) is 0 Å². The van der Waals surface area contributed by atoms with Crippen molar-refractivity contribution in [3.63, 3.8) is 0 Å². The molecule has 0 fully saturated rings. The summed E-state index contributed by atoms with van der Waals surface area (Å²) in [6.45, 7) is 1.20. The fraction of sp³-hybridized carbons (Fsp3) is 0.273. The van der Waals surface area contributed by atoms with Crippen LogP contribution < -0.4 is 10.7 Å². The van der Waals surface area contributed by atoms with E-state index in [1.165, 1.54) is 0 Å². The van der Waals surface area contributed by atoms with Gasteiger partial charge in [-0.3, -0.25) is 5.43 Å². The van der Waals surface area contributed by atoms with Crippen molar-refractivity contribution in [2.24, 2.45) is 5.10 Å². The molecule has 0 spiro atoms. The van der Waals surface area contributed by atoms with Gasteiger partial charge >= 0.3 is 0 Å². The standard InChI is InChI=1S/C11H13Cl2N3OS/c1-17-5-4-14-11(18)16-15-7-8-2-3-9(12)6-10(8)13/h2-3,6-7H,4-5H2,1H3,(H2,14,16,18)/b15-7-. The average Bonchev–Trinajstić information content (AvgIpc) is 2.32. The van der Waals surface area contributed by atoms with E-state index in [2.05, 4.69) is 15.8 Å². The third kappa shape index (κ3) is 5.64. The van der Waals surface area contributed by atoms with Crippen LogP contribution in [0.1, 0.15) is 5.56 Å². The molecule has 0 bridgehead atoms. The predicted molar refractivity (Wildman–Crippen MR) is 79.7 cm³/mol. The first-order chi connectivity index (χ1) is 8.63. The SMILES string of the molecule is COCCNC(=S)N/N=C\c1ccc(Cl)cc1Cl. The van der Waals surface area contributed by atoms with Crippen LogP contribution in [0.25, 0.3) is 0 Å². The zero-order valence-electron chi connectivity index (χ0n) is 9.74. The molecule has 0 saturated carbocycles. The zero-order chi connectivity index (χ0) is 13.4. The summed E-state index contributed by atoms with van der Waals surface area (Å²) in [5, 5.41) is 8.43. The molecular weight excluding hydrogens is 293 g/mol. The van der Waals surface area contributed by atoms with E-state index in [4.69, 9.17) is 40.2 Å². The van der Waals surface area contributed by atoms with Gasteiger partial charge in [0.25, 0.3) is 0 Å². The number of nitrogens with zero attached hydrogens (tertiary/aromatic N) is 1. The molecule has 0 amide bonds. The highest BCUT2D eigenvalue weighted by Crippen LogP contribution is 2.19. The van der Waals surface area contributed by atoms with Crippen LogP contribution in [0.2, 0.25) is 10.0 Å². The molecule has 0 atom stereocenters. The summed E-state index contributed by atoms with van der Waals surface area (Å²) >= 11 is 16.8. The van der Waals surface area contributed by atoms with Gasteiger partial charge in [0.2, 0.25) is 0 Å². The molecule has 4 nitrogen and oxygen atoms in total. The van der Waals surface area contributed by atoms with Crippen molar-refractivity contribution >= 4 is 46.7 Å². The molecule has 1 aromatic carbocycles. The second-order valence-corrected chi connectivity index (χ2v) is 4.54. The van der Waals surface area contributed by atoms with E-state index in [0.29, 0.717) is 28.3 Å². The summed E-state index contributed by atoms with van der Waals surface area (Å²) in [5.41, 5.74) is 3.43.